The first kappa shape index (κ1) is 15.1. The van der Waals surface area contributed by atoms with E-state index in [1.165, 1.54) is 5.56 Å². The monoisotopic (exact) mass is 317 g/mol. The number of nitrogens with one attached hydrogen (secondary N) is 1. The second kappa shape index (κ2) is 6.12. The van der Waals surface area contributed by atoms with Crippen LogP contribution in [-0.4, -0.2) is 35.8 Å². The highest BCUT2D eigenvalue weighted by molar-refractivity contribution is 8.14. The van der Waals surface area contributed by atoms with Crippen LogP contribution in [0.3, 0.4) is 0 Å². The molecule has 1 unspecified atom stereocenters. The largest absolute Gasteiger partial charge is 0.312 e. The van der Waals surface area contributed by atoms with Crippen LogP contribution in [0.2, 0.25) is 0 Å². The lowest BCUT2D eigenvalue weighted by Crippen LogP contribution is -2.35. The van der Waals surface area contributed by atoms with Crippen molar-refractivity contribution in [2.75, 3.05) is 23.7 Å². The highest BCUT2D eigenvalue weighted by Crippen LogP contribution is 2.27. The smallest absolute Gasteiger partial charge is 0.231 e. The van der Waals surface area contributed by atoms with Crippen molar-refractivity contribution in [3.8, 4) is 0 Å². The van der Waals surface area contributed by atoms with Crippen LogP contribution < -0.4 is 10.2 Å². The third kappa shape index (κ3) is 3.02. The van der Waals surface area contributed by atoms with Crippen LogP contribution in [0.25, 0.3) is 0 Å². The summed E-state index contributed by atoms with van der Waals surface area (Å²) in [4.78, 5) is 30.4. The number of anilines is 1. The van der Waals surface area contributed by atoms with Crippen molar-refractivity contribution in [1.29, 1.82) is 0 Å². The Bertz CT molecular complexity index is 657. The number of carbonyl (C=O) groups excluding carboxylic acids is 2. The van der Waals surface area contributed by atoms with Gasteiger partial charge in [0, 0.05) is 24.4 Å². The van der Waals surface area contributed by atoms with E-state index in [2.05, 4.69) is 10.3 Å². The lowest BCUT2D eigenvalue weighted by atomic mass is 10.1. The molecule has 0 aliphatic carbocycles. The minimum atomic E-state index is -0.307. The predicted octanol–water partition coefficient (Wildman–Crippen LogP) is 1.88. The molecule has 6 heteroatoms. The van der Waals surface area contributed by atoms with Crippen molar-refractivity contribution in [3.05, 3.63) is 29.3 Å². The van der Waals surface area contributed by atoms with Gasteiger partial charge in [0.15, 0.2) is 5.17 Å². The van der Waals surface area contributed by atoms with Gasteiger partial charge in [0.1, 0.15) is 0 Å². The Balaban J connectivity index is 1.69. The van der Waals surface area contributed by atoms with Crippen molar-refractivity contribution in [2.45, 2.75) is 20.3 Å². The van der Waals surface area contributed by atoms with Crippen molar-refractivity contribution in [2.24, 2.45) is 10.9 Å². The summed E-state index contributed by atoms with van der Waals surface area (Å²) in [5.41, 5.74) is 3.21. The van der Waals surface area contributed by atoms with Crippen molar-refractivity contribution >= 4 is 34.4 Å². The van der Waals surface area contributed by atoms with Crippen molar-refractivity contribution in [3.63, 3.8) is 0 Å². The molecule has 0 bridgehead atoms. The minimum Gasteiger partial charge on any atom is -0.312 e. The molecule has 2 aliphatic rings. The third-order valence-corrected chi connectivity index (χ3v) is 5.00. The number of hydrogen-bond acceptors (Lipinski definition) is 4. The molecule has 1 N–H and O–H groups in total. The van der Waals surface area contributed by atoms with Gasteiger partial charge in [-0.25, -0.2) is 0 Å². The van der Waals surface area contributed by atoms with E-state index in [1.807, 2.05) is 32.0 Å². The maximum absolute atomic E-state index is 12.3. The molecule has 0 saturated carbocycles. The standard InChI is InChI=1S/C16H19N3O2S/c1-10-3-4-13(7-11(10)2)19-9-12(8-14(19)20)15(21)18-16-17-5-6-22-16/h3-4,7,12H,5-6,8-9H2,1-2H3,(H,17,18,21). The molecule has 0 spiro atoms. The van der Waals surface area contributed by atoms with Gasteiger partial charge in [-0.3, -0.25) is 14.6 Å². The molecule has 0 aromatic heterocycles. The molecule has 1 atom stereocenters. The van der Waals surface area contributed by atoms with Gasteiger partial charge in [-0.05, 0) is 37.1 Å². The third-order valence-electron chi connectivity index (χ3n) is 4.11. The van der Waals surface area contributed by atoms with Gasteiger partial charge in [-0.2, -0.15) is 0 Å². The number of thioether (sulfide) groups is 1. The van der Waals surface area contributed by atoms with E-state index in [-0.39, 0.29) is 24.2 Å². The molecule has 1 aromatic carbocycles. The van der Waals surface area contributed by atoms with E-state index in [9.17, 15) is 9.59 Å². The van der Waals surface area contributed by atoms with Crippen LogP contribution in [0.5, 0.6) is 0 Å². The molecule has 2 aliphatic heterocycles. The molecule has 2 heterocycles. The summed E-state index contributed by atoms with van der Waals surface area (Å²) in [6, 6.07) is 5.96. The number of rotatable bonds is 2. The number of aryl methyl sites for hydroxylation is 2. The molecule has 1 saturated heterocycles. The van der Waals surface area contributed by atoms with Gasteiger partial charge in [0.25, 0.3) is 0 Å². The summed E-state index contributed by atoms with van der Waals surface area (Å²) in [5.74, 6) is 0.504. The fourth-order valence-electron chi connectivity index (χ4n) is 2.64. The summed E-state index contributed by atoms with van der Waals surface area (Å²) < 4.78 is 0. The zero-order valence-corrected chi connectivity index (χ0v) is 13.6. The molecule has 22 heavy (non-hydrogen) atoms. The Morgan fingerprint density at radius 3 is 2.86 bits per heavy atom. The van der Waals surface area contributed by atoms with E-state index in [1.54, 1.807) is 16.7 Å². The number of hydrogen-bond donors (Lipinski definition) is 1. The second-order valence-corrected chi connectivity index (χ2v) is 6.78. The molecule has 2 amide bonds. The van der Waals surface area contributed by atoms with E-state index in [0.717, 1.165) is 23.5 Å². The fraction of sp³-hybridized carbons (Fsp3) is 0.438. The predicted molar refractivity (Wildman–Crippen MR) is 89.3 cm³/mol. The number of amides is 2. The second-order valence-electron chi connectivity index (χ2n) is 5.70. The Morgan fingerprint density at radius 2 is 2.18 bits per heavy atom. The van der Waals surface area contributed by atoms with Crippen LogP contribution >= 0.6 is 11.8 Å². The summed E-state index contributed by atoms with van der Waals surface area (Å²) in [5, 5.41) is 3.51. The molecular formula is C16H19N3O2S. The molecule has 5 nitrogen and oxygen atoms in total. The molecule has 1 aromatic rings. The van der Waals surface area contributed by atoms with E-state index < -0.39 is 0 Å². The number of amidine groups is 1. The summed E-state index contributed by atoms with van der Waals surface area (Å²) in [6.07, 6.45) is 0.261. The highest BCUT2D eigenvalue weighted by Gasteiger charge is 2.35. The first-order chi connectivity index (χ1) is 10.5. The van der Waals surface area contributed by atoms with Crippen molar-refractivity contribution < 1.29 is 9.59 Å². The van der Waals surface area contributed by atoms with Crippen LogP contribution in [0.1, 0.15) is 17.5 Å². The Kier molecular flexibility index (Phi) is 4.20. The van der Waals surface area contributed by atoms with Crippen LogP contribution in [-0.2, 0) is 9.59 Å². The average Bonchev–Trinajstić information content (AvgIpc) is 3.11. The number of aliphatic imine (C=N–C) groups is 1. The zero-order chi connectivity index (χ0) is 15.7. The topological polar surface area (TPSA) is 61.8 Å². The maximum atomic E-state index is 12.3. The van der Waals surface area contributed by atoms with Gasteiger partial charge < -0.3 is 10.2 Å². The van der Waals surface area contributed by atoms with Gasteiger partial charge in [0.05, 0.1) is 12.5 Å². The van der Waals surface area contributed by atoms with E-state index in [4.69, 9.17) is 0 Å². The summed E-state index contributed by atoms with van der Waals surface area (Å²) in [6.45, 7) is 5.25. The van der Waals surface area contributed by atoms with Crippen molar-refractivity contribution in [1.82, 2.24) is 5.32 Å². The summed E-state index contributed by atoms with van der Waals surface area (Å²) in [7, 11) is 0. The number of nitrogens with zero attached hydrogens (tertiary/aromatic N) is 2. The lowest BCUT2D eigenvalue weighted by molar-refractivity contribution is -0.125. The number of benzene rings is 1. The number of carbonyl (C=O) groups is 2. The Labute approximate surface area is 134 Å². The quantitative estimate of drug-likeness (QED) is 0.906. The first-order valence-corrected chi connectivity index (χ1v) is 8.39. The van der Waals surface area contributed by atoms with Gasteiger partial charge in [-0.1, -0.05) is 17.8 Å². The first-order valence-electron chi connectivity index (χ1n) is 7.40. The SMILES string of the molecule is Cc1ccc(N2CC(C(=O)NC3=NCCS3)CC2=O)cc1C. The van der Waals surface area contributed by atoms with E-state index >= 15 is 0 Å². The van der Waals surface area contributed by atoms with Crippen LogP contribution in [0, 0.1) is 19.8 Å². The van der Waals surface area contributed by atoms with Crippen LogP contribution in [0.15, 0.2) is 23.2 Å². The molecule has 1 fully saturated rings. The maximum Gasteiger partial charge on any atom is 0.231 e. The minimum absolute atomic E-state index is 0.00409. The fourth-order valence-corrected chi connectivity index (χ4v) is 3.38. The van der Waals surface area contributed by atoms with Crippen LogP contribution in [0.4, 0.5) is 5.69 Å². The van der Waals surface area contributed by atoms with Gasteiger partial charge >= 0.3 is 0 Å². The summed E-state index contributed by atoms with van der Waals surface area (Å²) >= 11 is 1.55. The Morgan fingerprint density at radius 1 is 1.36 bits per heavy atom. The zero-order valence-electron chi connectivity index (χ0n) is 12.8. The molecule has 0 radical (unpaired) electrons. The molecular weight excluding hydrogens is 298 g/mol. The van der Waals surface area contributed by atoms with E-state index in [0.29, 0.717) is 11.7 Å². The normalized spacial score (nSPS) is 21.2. The van der Waals surface area contributed by atoms with Gasteiger partial charge in [-0.15, -0.1) is 0 Å². The lowest BCUT2D eigenvalue weighted by Gasteiger charge is -2.18. The molecule has 116 valence electrons. The Hall–Kier alpha value is -1.82. The highest BCUT2D eigenvalue weighted by atomic mass is 32.2. The van der Waals surface area contributed by atoms with Gasteiger partial charge in [0.2, 0.25) is 11.8 Å². The average molecular weight is 317 g/mol. The molecule has 3 rings (SSSR count).